The summed E-state index contributed by atoms with van der Waals surface area (Å²) in [5, 5.41) is 7.86. The predicted molar refractivity (Wildman–Crippen MR) is 91.1 cm³/mol. The number of carbonyl (C=O) groups excluding carboxylic acids is 1. The number of carbonyl (C=O) groups is 1. The molecule has 0 fully saturated rings. The molecule has 118 valence electrons. The molecule has 5 nitrogen and oxygen atoms in total. The lowest BCUT2D eigenvalue weighted by atomic mass is 9.81. The summed E-state index contributed by atoms with van der Waals surface area (Å²) in [6, 6.07) is 7.85. The SMILES string of the molecule is Cc1nc2n(n1)[C@H](c1cccc(Br)c1)C1=C(C[C@@H](C)CC1=O)N2. The van der Waals surface area contributed by atoms with Crippen LogP contribution in [0.2, 0.25) is 0 Å². The van der Waals surface area contributed by atoms with Crippen molar-refractivity contribution < 1.29 is 4.79 Å². The fourth-order valence-electron chi connectivity index (χ4n) is 3.50. The van der Waals surface area contributed by atoms with E-state index in [2.05, 4.69) is 38.3 Å². The number of aromatic nitrogens is 3. The second kappa shape index (κ2) is 5.30. The van der Waals surface area contributed by atoms with Gasteiger partial charge in [0.05, 0.1) is 0 Å². The average molecular weight is 373 g/mol. The van der Waals surface area contributed by atoms with Gasteiger partial charge in [-0.1, -0.05) is 35.0 Å². The molecule has 2 atom stereocenters. The number of hydrogen-bond acceptors (Lipinski definition) is 4. The van der Waals surface area contributed by atoms with Gasteiger partial charge in [-0.15, -0.1) is 0 Å². The van der Waals surface area contributed by atoms with Crippen molar-refractivity contribution in [3.8, 4) is 0 Å². The first kappa shape index (κ1) is 14.6. The first-order valence-electron chi connectivity index (χ1n) is 7.75. The second-order valence-corrected chi connectivity index (χ2v) is 7.25. The third-order valence-corrected chi connectivity index (χ3v) is 4.89. The quantitative estimate of drug-likeness (QED) is 0.830. The fourth-order valence-corrected chi connectivity index (χ4v) is 3.92. The smallest absolute Gasteiger partial charge is 0.226 e. The molecular weight excluding hydrogens is 356 g/mol. The van der Waals surface area contributed by atoms with E-state index in [-0.39, 0.29) is 11.8 Å². The van der Waals surface area contributed by atoms with Crippen LogP contribution >= 0.6 is 15.9 Å². The zero-order valence-corrected chi connectivity index (χ0v) is 14.6. The molecule has 2 aromatic rings. The minimum absolute atomic E-state index is 0.204. The van der Waals surface area contributed by atoms with Crippen molar-refractivity contribution in [3.63, 3.8) is 0 Å². The number of nitrogens with one attached hydrogen (secondary N) is 1. The van der Waals surface area contributed by atoms with Crippen LogP contribution in [0.1, 0.15) is 37.2 Å². The summed E-state index contributed by atoms with van der Waals surface area (Å²) in [6.07, 6.45) is 1.46. The molecule has 1 N–H and O–H groups in total. The van der Waals surface area contributed by atoms with E-state index in [0.717, 1.165) is 27.7 Å². The topological polar surface area (TPSA) is 59.8 Å². The van der Waals surface area contributed by atoms with Gasteiger partial charge in [0.2, 0.25) is 5.95 Å². The minimum atomic E-state index is -0.208. The van der Waals surface area contributed by atoms with Crippen LogP contribution in [0.5, 0.6) is 0 Å². The van der Waals surface area contributed by atoms with E-state index in [1.54, 1.807) is 0 Å². The van der Waals surface area contributed by atoms with E-state index in [9.17, 15) is 4.79 Å². The zero-order valence-electron chi connectivity index (χ0n) is 13.0. The number of rotatable bonds is 1. The Balaban J connectivity index is 1.93. The van der Waals surface area contributed by atoms with Crippen LogP contribution in [0.15, 0.2) is 40.0 Å². The lowest BCUT2D eigenvalue weighted by Gasteiger charge is -2.34. The molecule has 0 saturated carbocycles. The highest BCUT2D eigenvalue weighted by molar-refractivity contribution is 9.10. The number of ketones is 1. The van der Waals surface area contributed by atoms with Gasteiger partial charge < -0.3 is 5.32 Å². The van der Waals surface area contributed by atoms with Crippen LogP contribution < -0.4 is 5.32 Å². The number of allylic oxidation sites excluding steroid dienone is 2. The largest absolute Gasteiger partial charge is 0.328 e. The number of fused-ring (bicyclic) bond motifs is 1. The number of Topliss-reactive ketones (excluding diaryl/α,β-unsaturated/α-hetero) is 1. The maximum atomic E-state index is 12.8. The first-order chi connectivity index (χ1) is 11.0. The molecule has 0 saturated heterocycles. The Morgan fingerprint density at radius 3 is 2.96 bits per heavy atom. The van der Waals surface area contributed by atoms with Gasteiger partial charge in [0, 0.05) is 22.2 Å². The zero-order chi connectivity index (χ0) is 16.1. The van der Waals surface area contributed by atoms with Crippen LogP contribution in [0.25, 0.3) is 0 Å². The molecular formula is C17H17BrN4O. The maximum Gasteiger partial charge on any atom is 0.226 e. The summed E-state index contributed by atoms with van der Waals surface area (Å²) in [5.41, 5.74) is 2.87. The second-order valence-electron chi connectivity index (χ2n) is 6.34. The number of hydrogen-bond donors (Lipinski definition) is 1. The van der Waals surface area contributed by atoms with Gasteiger partial charge in [-0.2, -0.15) is 10.1 Å². The molecule has 1 aromatic heterocycles. The van der Waals surface area contributed by atoms with Crippen molar-refractivity contribution in [2.75, 3.05) is 5.32 Å². The van der Waals surface area contributed by atoms with E-state index < -0.39 is 0 Å². The fraction of sp³-hybridized carbons (Fsp3) is 0.353. The van der Waals surface area contributed by atoms with Crippen molar-refractivity contribution >= 4 is 27.7 Å². The Labute approximate surface area is 142 Å². The number of benzene rings is 1. The summed E-state index contributed by atoms with van der Waals surface area (Å²) in [4.78, 5) is 17.2. The molecule has 6 heteroatoms. The average Bonchev–Trinajstić information content (AvgIpc) is 2.84. The lowest BCUT2D eigenvalue weighted by molar-refractivity contribution is -0.117. The Morgan fingerprint density at radius 1 is 1.35 bits per heavy atom. The van der Waals surface area contributed by atoms with Gasteiger partial charge in [-0.05, 0) is 37.0 Å². The summed E-state index contributed by atoms with van der Waals surface area (Å²) >= 11 is 3.52. The van der Waals surface area contributed by atoms with E-state index >= 15 is 0 Å². The first-order valence-corrected chi connectivity index (χ1v) is 8.54. The van der Waals surface area contributed by atoms with E-state index in [1.807, 2.05) is 35.9 Å². The number of nitrogens with zero attached hydrogens (tertiary/aromatic N) is 3. The summed E-state index contributed by atoms with van der Waals surface area (Å²) < 4.78 is 2.83. The van der Waals surface area contributed by atoms with E-state index in [0.29, 0.717) is 24.1 Å². The number of halogens is 1. The lowest BCUT2D eigenvalue weighted by Crippen LogP contribution is -2.33. The van der Waals surface area contributed by atoms with Crippen LogP contribution in [-0.4, -0.2) is 20.5 Å². The monoisotopic (exact) mass is 372 g/mol. The highest BCUT2D eigenvalue weighted by atomic mass is 79.9. The number of anilines is 1. The van der Waals surface area contributed by atoms with Gasteiger partial charge in [0.1, 0.15) is 11.9 Å². The molecule has 0 unspecified atom stereocenters. The van der Waals surface area contributed by atoms with Crippen molar-refractivity contribution in [2.24, 2.45) is 5.92 Å². The Kier molecular flexibility index (Phi) is 3.37. The summed E-state index contributed by atoms with van der Waals surface area (Å²) in [5.74, 6) is 1.98. The standard InChI is InChI=1S/C17H17BrN4O/c1-9-6-13-15(14(23)7-9)16(11-4-3-5-12(18)8-11)22-17(20-13)19-10(2)21-22/h3-5,8-9,16H,6-7H2,1-2H3,(H,19,20,21)/t9-,16-/m1/s1. The highest BCUT2D eigenvalue weighted by Crippen LogP contribution is 2.41. The molecule has 23 heavy (non-hydrogen) atoms. The molecule has 1 aliphatic carbocycles. The van der Waals surface area contributed by atoms with E-state index in [4.69, 9.17) is 0 Å². The molecule has 0 spiro atoms. The van der Waals surface area contributed by atoms with Crippen molar-refractivity contribution in [3.05, 3.63) is 51.4 Å². The predicted octanol–water partition coefficient (Wildman–Crippen LogP) is 3.62. The van der Waals surface area contributed by atoms with Crippen molar-refractivity contribution in [2.45, 2.75) is 32.7 Å². The molecule has 2 aliphatic rings. The van der Waals surface area contributed by atoms with Crippen LogP contribution in [-0.2, 0) is 4.79 Å². The number of aryl methyl sites for hydroxylation is 1. The van der Waals surface area contributed by atoms with Gasteiger partial charge in [-0.25, -0.2) is 4.68 Å². The Morgan fingerprint density at radius 2 is 2.17 bits per heavy atom. The third kappa shape index (κ3) is 2.41. The summed E-state index contributed by atoms with van der Waals surface area (Å²) in [6.45, 7) is 3.98. The Bertz CT molecular complexity index is 839. The summed E-state index contributed by atoms with van der Waals surface area (Å²) in [7, 11) is 0. The molecule has 1 aromatic carbocycles. The van der Waals surface area contributed by atoms with Gasteiger partial charge in [0.25, 0.3) is 0 Å². The molecule has 0 bridgehead atoms. The van der Waals surface area contributed by atoms with Crippen LogP contribution in [0, 0.1) is 12.8 Å². The Hall–Kier alpha value is -1.95. The van der Waals surface area contributed by atoms with Crippen molar-refractivity contribution in [1.82, 2.24) is 14.8 Å². The maximum absolute atomic E-state index is 12.8. The molecule has 4 rings (SSSR count). The normalized spacial score (nSPS) is 23.3. The van der Waals surface area contributed by atoms with Crippen molar-refractivity contribution in [1.29, 1.82) is 0 Å². The van der Waals surface area contributed by atoms with Gasteiger partial charge in [0.15, 0.2) is 5.78 Å². The van der Waals surface area contributed by atoms with E-state index in [1.165, 1.54) is 0 Å². The van der Waals surface area contributed by atoms with Crippen LogP contribution in [0.3, 0.4) is 0 Å². The van der Waals surface area contributed by atoms with Gasteiger partial charge in [-0.3, -0.25) is 4.79 Å². The minimum Gasteiger partial charge on any atom is -0.328 e. The van der Waals surface area contributed by atoms with Gasteiger partial charge >= 0.3 is 0 Å². The third-order valence-electron chi connectivity index (χ3n) is 4.39. The molecule has 0 radical (unpaired) electrons. The molecule has 2 heterocycles. The van der Waals surface area contributed by atoms with Crippen LogP contribution in [0.4, 0.5) is 5.95 Å². The molecule has 1 aliphatic heterocycles. The highest BCUT2D eigenvalue weighted by Gasteiger charge is 2.38. The molecule has 0 amide bonds.